The van der Waals surface area contributed by atoms with E-state index in [1.54, 1.807) is 15.9 Å². The van der Waals surface area contributed by atoms with E-state index < -0.39 is 5.92 Å². The van der Waals surface area contributed by atoms with Gasteiger partial charge in [0.25, 0.3) is 0 Å². The van der Waals surface area contributed by atoms with Crippen LogP contribution in [0.25, 0.3) is 0 Å². The molecule has 3 atom stereocenters. The second-order valence-corrected chi connectivity index (χ2v) is 8.10. The van der Waals surface area contributed by atoms with Crippen molar-refractivity contribution in [2.75, 3.05) is 26.2 Å². The van der Waals surface area contributed by atoms with Gasteiger partial charge >= 0.3 is 0 Å². The highest BCUT2D eigenvalue weighted by atomic mass is 35.5. The number of rotatable bonds is 5. The summed E-state index contributed by atoms with van der Waals surface area (Å²) in [7, 11) is 0. The molecule has 2 fully saturated rings. The molecule has 0 radical (unpaired) electrons. The number of hydrogen-bond acceptors (Lipinski definition) is 4. The lowest BCUT2D eigenvalue weighted by Crippen LogP contribution is -2.56. The molecule has 0 bridgehead atoms. The van der Waals surface area contributed by atoms with Crippen molar-refractivity contribution in [2.24, 2.45) is 5.92 Å². The Labute approximate surface area is 168 Å². The van der Waals surface area contributed by atoms with Gasteiger partial charge in [0.05, 0.1) is 35.2 Å². The average molecular weight is 415 g/mol. The van der Waals surface area contributed by atoms with Crippen molar-refractivity contribution in [3.8, 4) is 5.75 Å². The Morgan fingerprint density at radius 2 is 2.07 bits per heavy atom. The van der Waals surface area contributed by atoms with Crippen LogP contribution in [0.3, 0.4) is 0 Å². The molecule has 2 heterocycles. The van der Waals surface area contributed by atoms with E-state index in [1.807, 2.05) is 6.92 Å². The van der Waals surface area contributed by atoms with Crippen LogP contribution < -0.4 is 0 Å². The Hall–Kier alpha value is -1.50. The maximum atomic E-state index is 12.7. The number of carbonyl (C=O) groups is 2. The topological polar surface area (TPSA) is 81.1 Å². The van der Waals surface area contributed by atoms with Crippen molar-refractivity contribution in [2.45, 2.75) is 38.1 Å². The Kier molecular flexibility index (Phi) is 6.18. The Morgan fingerprint density at radius 1 is 1.33 bits per heavy atom. The average Bonchev–Trinajstić information content (AvgIpc) is 3.07. The van der Waals surface area contributed by atoms with E-state index in [9.17, 15) is 19.8 Å². The van der Waals surface area contributed by atoms with Crippen LogP contribution in [0.4, 0.5) is 0 Å². The normalized spacial score (nSPS) is 23.5. The number of nitrogens with zero attached hydrogens (tertiary/aromatic N) is 2. The highest BCUT2D eigenvalue weighted by molar-refractivity contribution is 6.42. The summed E-state index contributed by atoms with van der Waals surface area (Å²) in [6.07, 6.45) is 1.99. The summed E-state index contributed by atoms with van der Waals surface area (Å²) >= 11 is 12.4. The summed E-state index contributed by atoms with van der Waals surface area (Å²) in [5.74, 6) is -0.812. The number of aliphatic hydroxyl groups is 1. The summed E-state index contributed by atoms with van der Waals surface area (Å²) in [5.41, 5.74) is 0.559. The SMILES string of the molecule is CCC[C@H](CO)C(=O)N1CC(=O)N2C[C@@H](c3c(O)ccc(Cl)c3Cl)C[C@H]2C1. The number of phenols is 1. The van der Waals surface area contributed by atoms with Gasteiger partial charge in [-0.2, -0.15) is 0 Å². The van der Waals surface area contributed by atoms with Gasteiger partial charge in [-0.3, -0.25) is 9.59 Å². The van der Waals surface area contributed by atoms with Gasteiger partial charge in [-0.1, -0.05) is 36.5 Å². The van der Waals surface area contributed by atoms with Gasteiger partial charge in [-0.15, -0.1) is 0 Å². The van der Waals surface area contributed by atoms with Gasteiger partial charge < -0.3 is 20.0 Å². The van der Waals surface area contributed by atoms with Crippen LogP contribution in [0, 0.1) is 5.92 Å². The monoisotopic (exact) mass is 414 g/mol. The first-order valence-corrected chi connectivity index (χ1v) is 9.98. The zero-order chi connectivity index (χ0) is 19.7. The summed E-state index contributed by atoms with van der Waals surface area (Å²) in [4.78, 5) is 28.6. The molecule has 2 aliphatic heterocycles. The summed E-state index contributed by atoms with van der Waals surface area (Å²) in [6.45, 7) is 2.65. The van der Waals surface area contributed by atoms with E-state index in [2.05, 4.69) is 0 Å². The van der Waals surface area contributed by atoms with E-state index >= 15 is 0 Å². The zero-order valence-electron chi connectivity index (χ0n) is 15.2. The number of aliphatic hydroxyl groups excluding tert-OH is 1. The van der Waals surface area contributed by atoms with Crippen LogP contribution in [-0.2, 0) is 9.59 Å². The van der Waals surface area contributed by atoms with E-state index in [0.717, 1.165) is 6.42 Å². The highest BCUT2D eigenvalue weighted by Gasteiger charge is 2.43. The number of phenolic OH excluding ortho intramolecular Hbond substituents is 1. The molecule has 8 heteroatoms. The molecule has 2 amide bonds. The van der Waals surface area contributed by atoms with Gasteiger partial charge in [0, 0.05) is 24.6 Å². The zero-order valence-corrected chi connectivity index (χ0v) is 16.7. The van der Waals surface area contributed by atoms with Crippen LogP contribution in [0.15, 0.2) is 12.1 Å². The minimum absolute atomic E-state index is 0.0253. The van der Waals surface area contributed by atoms with Gasteiger partial charge in [0.15, 0.2) is 0 Å². The standard InChI is InChI=1S/C19H24Cl2N2O4/c1-2-3-11(10-24)19(27)22-8-13-6-12(7-23(13)16(26)9-22)17-15(25)5-4-14(20)18(17)21/h4-5,11-13,24-25H,2-3,6-10H2,1H3/t11-,12+,13+/m1/s1. The second-order valence-electron chi connectivity index (χ2n) is 7.31. The second kappa shape index (κ2) is 8.25. The molecule has 1 aromatic rings. The lowest BCUT2D eigenvalue weighted by atomic mass is 9.94. The Balaban J connectivity index is 1.78. The third-order valence-electron chi connectivity index (χ3n) is 5.53. The van der Waals surface area contributed by atoms with Gasteiger partial charge in [0.1, 0.15) is 5.75 Å². The fourth-order valence-electron chi connectivity index (χ4n) is 4.19. The molecule has 0 aromatic heterocycles. The molecule has 148 valence electrons. The molecule has 1 aromatic carbocycles. The molecule has 27 heavy (non-hydrogen) atoms. The van der Waals surface area contributed by atoms with Gasteiger partial charge in [-0.05, 0) is 25.0 Å². The number of fused-ring (bicyclic) bond motifs is 1. The molecule has 0 unspecified atom stereocenters. The number of aromatic hydroxyl groups is 1. The number of amides is 2. The minimum atomic E-state index is -0.460. The van der Waals surface area contributed by atoms with Crippen molar-refractivity contribution < 1.29 is 19.8 Å². The fraction of sp³-hybridized carbons (Fsp3) is 0.579. The van der Waals surface area contributed by atoms with Gasteiger partial charge in [0.2, 0.25) is 11.8 Å². The molecular formula is C19H24Cl2N2O4. The molecular weight excluding hydrogens is 391 g/mol. The number of piperazine rings is 1. The van der Waals surface area contributed by atoms with Crippen molar-refractivity contribution in [1.29, 1.82) is 0 Å². The van der Waals surface area contributed by atoms with E-state index in [0.29, 0.717) is 41.5 Å². The first-order chi connectivity index (χ1) is 12.9. The molecule has 0 saturated carbocycles. The number of carbonyl (C=O) groups excluding carboxylic acids is 2. The molecule has 2 aliphatic rings. The largest absolute Gasteiger partial charge is 0.508 e. The minimum Gasteiger partial charge on any atom is -0.508 e. The van der Waals surface area contributed by atoms with Crippen LogP contribution in [0.2, 0.25) is 10.0 Å². The lowest BCUT2D eigenvalue weighted by Gasteiger charge is -2.38. The van der Waals surface area contributed by atoms with Crippen LogP contribution in [0.1, 0.15) is 37.7 Å². The first-order valence-electron chi connectivity index (χ1n) is 9.23. The van der Waals surface area contributed by atoms with Crippen molar-refractivity contribution in [3.63, 3.8) is 0 Å². The van der Waals surface area contributed by atoms with E-state index in [1.165, 1.54) is 6.07 Å². The molecule has 6 nitrogen and oxygen atoms in total. The molecule has 2 N–H and O–H groups in total. The highest BCUT2D eigenvalue weighted by Crippen LogP contribution is 2.43. The smallest absolute Gasteiger partial charge is 0.242 e. The summed E-state index contributed by atoms with van der Waals surface area (Å²) in [5, 5.41) is 20.4. The maximum Gasteiger partial charge on any atom is 0.242 e. The maximum absolute atomic E-state index is 12.7. The van der Waals surface area contributed by atoms with Crippen LogP contribution >= 0.6 is 23.2 Å². The first kappa shape index (κ1) is 20.2. The van der Waals surface area contributed by atoms with Crippen molar-refractivity contribution in [1.82, 2.24) is 9.80 Å². The summed E-state index contributed by atoms with van der Waals surface area (Å²) in [6, 6.07) is 2.92. The molecule has 2 saturated heterocycles. The predicted octanol–water partition coefficient (Wildman–Crippen LogP) is 2.63. The van der Waals surface area contributed by atoms with Crippen LogP contribution in [-0.4, -0.2) is 64.1 Å². The molecule has 0 aliphatic carbocycles. The van der Waals surface area contributed by atoms with E-state index in [4.69, 9.17) is 23.2 Å². The van der Waals surface area contributed by atoms with Crippen molar-refractivity contribution >= 4 is 35.0 Å². The predicted molar refractivity (Wildman–Crippen MR) is 103 cm³/mol. The quantitative estimate of drug-likeness (QED) is 0.775. The number of benzene rings is 1. The molecule has 3 rings (SSSR count). The third-order valence-corrected chi connectivity index (χ3v) is 6.35. The van der Waals surface area contributed by atoms with Crippen LogP contribution in [0.5, 0.6) is 5.75 Å². The number of hydrogen-bond donors (Lipinski definition) is 2. The third kappa shape index (κ3) is 3.89. The van der Waals surface area contributed by atoms with E-state index in [-0.39, 0.29) is 42.7 Å². The number of halogens is 2. The lowest BCUT2D eigenvalue weighted by molar-refractivity contribution is -0.150. The fourth-order valence-corrected chi connectivity index (χ4v) is 4.67. The molecule has 0 spiro atoms. The van der Waals surface area contributed by atoms with Crippen molar-refractivity contribution in [3.05, 3.63) is 27.7 Å². The van der Waals surface area contributed by atoms with Gasteiger partial charge in [-0.25, -0.2) is 0 Å². The Morgan fingerprint density at radius 3 is 2.74 bits per heavy atom. The summed E-state index contributed by atoms with van der Waals surface area (Å²) < 4.78 is 0. The Bertz CT molecular complexity index is 743.